The molecule has 0 saturated heterocycles. The van der Waals surface area contributed by atoms with Crippen LogP contribution < -0.4 is 5.32 Å². The molecule has 0 bridgehead atoms. The van der Waals surface area contributed by atoms with Crippen LogP contribution in [0.25, 0.3) is 0 Å². The minimum absolute atomic E-state index is 0.792. The Hall–Kier alpha value is -0.560. The van der Waals surface area contributed by atoms with E-state index < -0.39 is 0 Å². The largest absolute Gasteiger partial charge is 0.310 e. The summed E-state index contributed by atoms with van der Waals surface area (Å²) >= 11 is 0. The van der Waals surface area contributed by atoms with Crippen LogP contribution in [0.5, 0.6) is 0 Å². The van der Waals surface area contributed by atoms with Gasteiger partial charge < -0.3 is 5.32 Å². The van der Waals surface area contributed by atoms with E-state index in [1.54, 1.807) is 0 Å². The van der Waals surface area contributed by atoms with Gasteiger partial charge in [-0.15, -0.1) is 0 Å². The van der Waals surface area contributed by atoms with Crippen molar-refractivity contribution in [3.05, 3.63) is 23.8 Å². The normalized spacial score (nSPS) is 23.6. The number of nitrogens with one attached hydrogen (secondary N) is 1. The van der Waals surface area contributed by atoms with Gasteiger partial charge in [0.1, 0.15) is 0 Å². The molecule has 0 amide bonds. The van der Waals surface area contributed by atoms with E-state index in [0.717, 1.165) is 12.6 Å². The van der Waals surface area contributed by atoms with Crippen molar-refractivity contribution in [1.82, 2.24) is 5.32 Å². The summed E-state index contributed by atoms with van der Waals surface area (Å²) in [6, 6.07) is 0.792. The molecule has 1 nitrogen and oxygen atoms in total. The zero-order valence-electron chi connectivity index (χ0n) is 8.97. The lowest BCUT2D eigenvalue weighted by atomic mass is 9.95. The minimum atomic E-state index is 0.792. The lowest BCUT2D eigenvalue weighted by Gasteiger charge is -2.23. The van der Waals surface area contributed by atoms with Crippen LogP contribution in [-0.2, 0) is 0 Å². The Bertz CT molecular complexity index is 221. The molecule has 0 aromatic heterocycles. The summed E-state index contributed by atoms with van der Waals surface area (Å²) in [5.41, 5.74) is 1.49. The van der Waals surface area contributed by atoms with Crippen molar-refractivity contribution in [2.45, 2.75) is 51.0 Å². The van der Waals surface area contributed by atoms with E-state index in [1.165, 1.54) is 50.5 Å². The Morgan fingerprint density at radius 3 is 2.71 bits per heavy atom. The molecule has 0 unspecified atom stereocenters. The van der Waals surface area contributed by atoms with Crippen LogP contribution in [0, 0.1) is 0 Å². The van der Waals surface area contributed by atoms with Gasteiger partial charge in [0.25, 0.3) is 0 Å². The van der Waals surface area contributed by atoms with E-state index in [2.05, 4.69) is 23.5 Å². The average molecular weight is 191 g/mol. The maximum absolute atomic E-state index is 3.67. The molecule has 1 N–H and O–H groups in total. The Kier molecular flexibility index (Phi) is 3.81. The molecule has 0 aliphatic heterocycles. The van der Waals surface area contributed by atoms with Crippen molar-refractivity contribution >= 4 is 0 Å². The van der Waals surface area contributed by atoms with Gasteiger partial charge in [-0.2, -0.15) is 0 Å². The minimum Gasteiger partial charge on any atom is -0.310 e. The van der Waals surface area contributed by atoms with E-state index in [9.17, 15) is 0 Å². The Balaban J connectivity index is 1.70. The molecule has 1 saturated carbocycles. The average Bonchev–Trinajstić information content (AvgIpc) is 2.29. The number of hydrogen-bond acceptors (Lipinski definition) is 1. The zero-order chi connectivity index (χ0) is 9.64. The standard InChI is InChI=1S/C13H21N/c1-3-7-12(8-4-1)11-14-13-9-5-2-6-10-13/h3,7-8,13-14H,1-2,4-6,9-11H2. The van der Waals surface area contributed by atoms with E-state index in [0.29, 0.717) is 0 Å². The highest BCUT2D eigenvalue weighted by molar-refractivity contribution is 5.23. The first-order valence-electron chi connectivity index (χ1n) is 6.04. The first-order valence-corrected chi connectivity index (χ1v) is 6.04. The second kappa shape index (κ2) is 5.35. The molecule has 0 radical (unpaired) electrons. The van der Waals surface area contributed by atoms with Crippen LogP contribution in [0.2, 0.25) is 0 Å². The third kappa shape index (κ3) is 2.98. The maximum Gasteiger partial charge on any atom is 0.0204 e. The van der Waals surface area contributed by atoms with Gasteiger partial charge in [-0.25, -0.2) is 0 Å². The van der Waals surface area contributed by atoms with Gasteiger partial charge in [0.15, 0.2) is 0 Å². The van der Waals surface area contributed by atoms with Gasteiger partial charge in [-0.3, -0.25) is 0 Å². The number of rotatable bonds is 3. The van der Waals surface area contributed by atoms with Crippen LogP contribution in [0.3, 0.4) is 0 Å². The van der Waals surface area contributed by atoms with Crippen LogP contribution in [0.1, 0.15) is 44.9 Å². The van der Waals surface area contributed by atoms with Gasteiger partial charge >= 0.3 is 0 Å². The molecule has 0 atom stereocenters. The molecule has 1 heteroatoms. The highest BCUT2D eigenvalue weighted by Crippen LogP contribution is 2.18. The molecule has 2 aliphatic carbocycles. The molecule has 78 valence electrons. The number of allylic oxidation sites excluding steroid dienone is 2. The third-order valence-electron chi connectivity index (χ3n) is 3.27. The second-order valence-electron chi connectivity index (χ2n) is 4.47. The highest BCUT2D eigenvalue weighted by atomic mass is 14.9. The van der Waals surface area contributed by atoms with Gasteiger partial charge in [0.2, 0.25) is 0 Å². The summed E-state index contributed by atoms with van der Waals surface area (Å²) in [6.45, 7) is 1.08. The Morgan fingerprint density at radius 2 is 2.00 bits per heavy atom. The molecule has 2 rings (SSSR count). The molecule has 0 heterocycles. The summed E-state index contributed by atoms with van der Waals surface area (Å²) in [7, 11) is 0. The van der Waals surface area contributed by atoms with Crippen LogP contribution in [0.15, 0.2) is 23.8 Å². The van der Waals surface area contributed by atoms with E-state index in [-0.39, 0.29) is 0 Å². The van der Waals surface area contributed by atoms with Crippen LogP contribution >= 0.6 is 0 Å². The smallest absolute Gasteiger partial charge is 0.0204 e. The Labute approximate surface area is 87.3 Å². The summed E-state index contributed by atoms with van der Waals surface area (Å²) in [5.74, 6) is 0. The van der Waals surface area contributed by atoms with Crippen molar-refractivity contribution < 1.29 is 0 Å². The quantitative estimate of drug-likeness (QED) is 0.722. The Morgan fingerprint density at radius 1 is 1.14 bits per heavy atom. The topological polar surface area (TPSA) is 12.0 Å². The first kappa shape index (κ1) is 9.97. The van der Waals surface area contributed by atoms with Crippen molar-refractivity contribution in [3.8, 4) is 0 Å². The molecule has 0 spiro atoms. The molecule has 14 heavy (non-hydrogen) atoms. The highest BCUT2D eigenvalue weighted by Gasteiger charge is 2.12. The predicted molar refractivity (Wildman–Crippen MR) is 61.3 cm³/mol. The van der Waals surface area contributed by atoms with Gasteiger partial charge in [-0.1, -0.05) is 37.5 Å². The van der Waals surface area contributed by atoms with Crippen molar-refractivity contribution in [2.24, 2.45) is 0 Å². The van der Waals surface area contributed by atoms with Gasteiger partial charge in [0, 0.05) is 12.6 Å². The van der Waals surface area contributed by atoms with Crippen LogP contribution in [-0.4, -0.2) is 12.6 Å². The molecular formula is C13H21N. The van der Waals surface area contributed by atoms with Gasteiger partial charge in [0.05, 0.1) is 0 Å². The van der Waals surface area contributed by atoms with E-state index in [1.807, 2.05) is 0 Å². The fourth-order valence-corrected chi connectivity index (χ4v) is 2.37. The maximum atomic E-state index is 3.67. The lowest BCUT2D eigenvalue weighted by molar-refractivity contribution is 0.383. The SMILES string of the molecule is C1=CC(CNC2CCCCC2)=CCC1. The molecule has 2 aliphatic rings. The monoisotopic (exact) mass is 191 g/mol. The molecular weight excluding hydrogens is 170 g/mol. The third-order valence-corrected chi connectivity index (χ3v) is 3.27. The van der Waals surface area contributed by atoms with Crippen LogP contribution in [0.4, 0.5) is 0 Å². The fourth-order valence-electron chi connectivity index (χ4n) is 2.37. The summed E-state index contributed by atoms with van der Waals surface area (Å²) < 4.78 is 0. The summed E-state index contributed by atoms with van der Waals surface area (Å²) in [6.07, 6.45) is 16.5. The molecule has 1 fully saturated rings. The molecule has 0 aromatic carbocycles. The van der Waals surface area contributed by atoms with Crippen molar-refractivity contribution in [3.63, 3.8) is 0 Å². The number of hydrogen-bond donors (Lipinski definition) is 1. The fraction of sp³-hybridized carbons (Fsp3) is 0.692. The van der Waals surface area contributed by atoms with Crippen molar-refractivity contribution in [1.29, 1.82) is 0 Å². The lowest BCUT2D eigenvalue weighted by Crippen LogP contribution is -2.32. The first-order chi connectivity index (χ1) is 6.95. The van der Waals surface area contributed by atoms with Gasteiger partial charge in [-0.05, 0) is 31.3 Å². The second-order valence-corrected chi connectivity index (χ2v) is 4.47. The summed E-state index contributed by atoms with van der Waals surface area (Å²) in [4.78, 5) is 0. The van der Waals surface area contributed by atoms with E-state index >= 15 is 0 Å². The molecule has 0 aromatic rings. The zero-order valence-corrected chi connectivity index (χ0v) is 8.97. The van der Waals surface area contributed by atoms with Crippen molar-refractivity contribution in [2.75, 3.05) is 6.54 Å². The van der Waals surface area contributed by atoms with E-state index in [4.69, 9.17) is 0 Å². The predicted octanol–water partition coefficient (Wildman–Crippen LogP) is 3.19. The summed E-state index contributed by atoms with van der Waals surface area (Å²) in [5, 5.41) is 3.67.